The van der Waals surface area contributed by atoms with Crippen molar-refractivity contribution in [2.24, 2.45) is 0 Å². The van der Waals surface area contributed by atoms with Gasteiger partial charge in [-0.15, -0.1) is 0 Å². The van der Waals surface area contributed by atoms with E-state index in [1.165, 1.54) is 12.8 Å². The number of hydroxylamine groups is 2. The number of hydrogen-bond acceptors (Lipinski definition) is 4. The van der Waals surface area contributed by atoms with Crippen molar-refractivity contribution in [2.45, 2.75) is 25.7 Å². The van der Waals surface area contributed by atoms with Crippen LogP contribution in [0.2, 0.25) is 0 Å². The van der Waals surface area contributed by atoms with Crippen LogP contribution in [0.15, 0.2) is 24.3 Å². The van der Waals surface area contributed by atoms with Crippen LogP contribution in [0, 0.1) is 0 Å². The molecule has 0 amide bonds. The van der Waals surface area contributed by atoms with Gasteiger partial charge >= 0.3 is 0 Å². The van der Waals surface area contributed by atoms with E-state index in [-0.39, 0.29) is 0 Å². The number of rotatable bonds is 2. The van der Waals surface area contributed by atoms with Crippen molar-refractivity contribution in [3.63, 3.8) is 0 Å². The van der Waals surface area contributed by atoms with E-state index in [9.17, 15) is 0 Å². The summed E-state index contributed by atoms with van der Waals surface area (Å²) in [6, 6.07) is 8.41. The molecule has 0 aromatic heterocycles. The van der Waals surface area contributed by atoms with E-state index in [1.54, 1.807) is 0 Å². The van der Waals surface area contributed by atoms with Crippen molar-refractivity contribution in [3.05, 3.63) is 24.3 Å². The lowest BCUT2D eigenvalue weighted by Crippen LogP contribution is -2.31. The second kappa shape index (κ2) is 5.59. The predicted octanol–water partition coefficient (Wildman–Crippen LogP) is 2.75. The zero-order valence-electron chi connectivity index (χ0n) is 10.7. The van der Waals surface area contributed by atoms with Crippen LogP contribution in [0.1, 0.15) is 25.7 Å². The van der Waals surface area contributed by atoms with Crippen LogP contribution < -0.4 is 10.1 Å². The van der Waals surface area contributed by atoms with Crippen LogP contribution in [0.4, 0.5) is 11.4 Å². The maximum atomic E-state index is 5.68. The van der Waals surface area contributed by atoms with E-state index in [1.807, 2.05) is 10.1 Å². The average molecular weight is 248 g/mol. The van der Waals surface area contributed by atoms with Gasteiger partial charge in [-0.25, -0.2) is 0 Å². The molecule has 1 aromatic carbocycles. The third-order valence-corrected chi connectivity index (χ3v) is 3.41. The summed E-state index contributed by atoms with van der Waals surface area (Å²) >= 11 is 0. The first kappa shape index (κ1) is 11.8. The summed E-state index contributed by atoms with van der Waals surface area (Å²) in [5.74, 6) is 0. The molecule has 0 saturated carbocycles. The monoisotopic (exact) mass is 248 g/mol. The summed E-state index contributed by atoms with van der Waals surface area (Å²) in [4.78, 5) is 11.4. The minimum Gasteiger partial charge on any atom is -0.273 e. The molecule has 18 heavy (non-hydrogen) atoms. The molecule has 0 unspecified atom stereocenters. The second-order valence-electron chi connectivity index (χ2n) is 4.80. The molecule has 2 heterocycles. The second-order valence-corrected chi connectivity index (χ2v) is 4.80. The molecule has 0 aliphatic carbocycles. The van der Waals surface area contributed by atoms with Gasteiger partial charge in [-0.3, -0.25) is 19.8 Å². The Balaban J connectivity index is 1.75. The van der Waals surface area contributed by atoms with Gasteiger partial charge in [0.25, 0.3) is 0 Å². The molecule has 2 aliphatic rings. The minimum atomic E-state index is 0.824. The first-order chi connectivity index (χ1) is 8.93. The van der Waals surface area contributed by atoms with Crippen molar-refractivity contribution in [2.75, 3.05) is 36.4 Å². The van der Waals surface area contributed by atoms with Crippen LogP contribution in [0.5, 0.6) is 0 Å². The maximum absolute atomic E-state index is 5.68. The van der Waals surface area contributed by atoms with Crippen molar-refractivity contribution in [1.82, 2.24) is 0 Å². The fourth-order valence-corrected chi connectivity index (χ4v) is 2.40. The fraction of sp³-hybridized carbons (Fsp3) is 0.571. The fourth-order valence-electron chi connectivity index (χ4n) is 2.40. The van der Waals surface area contributed by atoms with Gasteiger partial charge < -0.3 is 0 Å². The third kappa shape index (κ3) is 2.60. The Labute approximate surface area is 108 Å². The van der Waals surface area contributed by atoms with E-state index in [2.05, 4.69) is 24.3 Å². The number of benzene rings is 1. The van der Waals surface area contributed by atoms with Gasteiger partial charge in [0.1, 0.15) is 0 Å². The molecule has 4 nitrogen and oxygen atoms in total. The van der Waals surface area contributed by atoms with Crippen LogP contribution in [-0.2, 0) is 9.68 Å². The summed E-state index contributed by atoms with van der Waals surface area (Å²) in [6.07, 6.45) is 4.71. The number of hydrogen-bond donors (Lipinski definition) is 0. The molecular formula is C14H20N2O2. The SMILES string of the molecule is c1cc(N2CCCCO2)cc(N2CCCCO2)c1. The molecule has 1 aromatic rings. The lowest BCUT2D eigenvalue weighted by Gasteiger charge is -2.31. The highest BCUT2D eigenvalue weighted by molar-refractivity contribution is 5.57. The van der Waals surface area contributed by atoms with Crippen molar-refractivity contribution < 1.29 is 9.68 Å². The summed E-state index contributed by atoms with van der Waals surface area (Å²) < 4.78 is 0. The molecule has 0 bridgehead atoms. The van der Waals surface area contributed by atoms with E-state index in [4.69, 9.17) is 9.68 Å². The Bertz CT molecular complexity index is 352. The van der Waals surface area contributed by atoms with Gasteiger partial charge in [0.05, 0.1) is 24.6 Å². The Morgan fingerprint density at radius 3 is 1.78 bits per heavy atom. The smallest absolute Gasteiger partial charge is 0.0749 e. The molecule has 0 radical (unpaired) electrons. The van der Waals surface area contributed by atoms with Crippen LogP contribution >= 0.6 is 0 Å². The Morgan fingerprint density at radius 2 is 1.33 bits per heavy atom. The van der Waals surface area contributed by atoms with E-state index >= 15 is 0 Å². The zero-order valence-corrected chi connectivity index (χ0v) is 10.7. The van der Waals surface area contributed by atoms with E-state index in [0.29, 0.717) is 0 Å². The lowest BCUT2D eigenvalue weighted by molar-refractivity contribution is 0.0753. The van der Waals surface area contributed by atoms with Gasteiger partial charge in [0.2, 0.25) is 0 Å². The summed E-state index contributed by atoms with van der Waals surface area (Å²) in [5.41, 5.74) is 2.25. The first-order valence-corrected chi connectivity index (χ1v) is 6.84. The quantitative estimate of drug-likeness (QED) is 0.803. The summed E-state index contributed by atoms with van der Waals surface area (Å²) in [7, 11) is 0. The average Bonchev–Trinajstić information content (AvgIpc) is 2.49. The van der Waals surface area contributed by atoms with Gasteiger partial charge in [-0.05, 0) is 43.9 Å². The largest absolute Gasteiger partial charge is 0.273 e. The molecule has 2 fully saturated rings. The lowest BCUT2D eigenvalue weighted by atomic mass is 10.2. The highest BCUT2D eigenvalue weighted by Gasteiger charge is 2.15. The predicted molar refractivity (Wildman–Crippen MR) is 71.5 cm³/mol. The van der Waals surface area contributed by atoms with E-state index < -0.39 is 0 Å². The van der Waals surface area contributed by atoms with Gasteiger partial charge in [0.15, 0.2) is 0 Å². The molecule has 0 N–H and O–H groups in total. The van der Waals surface area contributed by atoms with Crippen LogP contribution in [0.25, 0.3) is 0 Å². The Morgan fingerprint density at radius 1 is 0.778 bits per heavy atom. The Hall–Kier alpha value is -1.26. The molecule has 2 saturated heterocycles. The zero-order chi connectivity index (χ0) is 12.2. The molecule has 3 rings (SSSR count). The van der Waals surface area contributed by atoms with Gasteiger partial charge in [-0.2, -0.15) is 0 Å². The van der Waals surface area contributed by atoms with E-state index in [0.717, 1.165) is 50.5 Å². The van der Waals surface area contributed by atoms with Crippen LogP contribution in [-0.4, -0.2) is 26.3 Å². The van der Waals surface area contributed by atoms with Gasteiger partial charge in [-0.1, -0.05) is 6.07 Å². The molecule has 0 spiro atoms. The molecular weight excluding hydrogens is 228 g/mol. The molecule has 2 aliphatic heterocycles. The Kier molecular flexibility index (Phi) is 3.67. The number of anilines is 2. The third-order valence-electron chi connectivity index (χ3n) is 3.41. The number of nitrogens with zero attached hydrogens (tertiary/aromatic N) is 2. The highest BCUT2D eigenvalue weighted by atomic mass is 16.7. The first-order valence-electron chi connectivity index (χ1n) is 6.84. The standard InChI is InChI=1S/C14H20N2O2/c1-3-10-17-15(8-1)13-6-5-7-14(12-13)16-9-2-4-11-18-16/h5-7,12H,1-4,8-11H2. The topological polar surface area (TPSA) is 24.9 Å². The molecule has 4 heteroatoms. The van der Waals surface area contributed by atoms with Crippen molar-refractivity contribution >= 4 is 11.4 Å². The van der Waals surface area contributed by atoms with Crippen molar-refractivity contribution in [1.29, 1.82) is 0 Å². The highest BCUT2D eigenvalue weighted by Crippen LogP contribution is 2.26. The molecule has 0 atom stereocenters. The van der Waals surface area contributed by atoms with Crippen molar-refractivity contribution in [3.8, 4) is 0 Å². The summed E-state index contributed by atoms with van der Waals surface area (Å²) in [6.45, 7) is 3.60. The van der Waals surface area contributed by atoms with Crippen LogP contribution in [0.3, 0.4) is 0 Å². The minimum absolute atomic E-state index is 0.824. The maximum Gasteiger partial charge on any atom is 0.0749 e. The van der Waals surface area contributed by atoms with Gasteiger partial charge in [0, 0.05) is 13.1 Å². The molecule has 98 valence electrons. The summed E-state index contributed by atoms with van der Waals surface area (Å²) in [5, 5.41) is 3.99. The normalized spacial score (nSPS) is 21.1.